The Bertz CT molecular complexity index is 985. The zero-order valence-corrected chi connectivity index (χ0v) is 18.9. The van der Waals surface area contributed by atoms with Crippen LogP contribution in [0.4, 0.5) is 11.4 Å². The Morgan fingerprint density at radius 1 is 0.844 bits per heavy atom. The van der Waals surface area contributed by atoms with E-state index in [0.717, 1.165) is 5.56 Å². The van der Waals surface area contributed by atoms with Crippen molar-refractivity contribution in [2.45, 2.75) is 46.8 Å². The normalized spacial score (nSPS) is 12.4. The van der Waals surface area contributed by atoms with Crippen LogP contribution >= 0.6 is 0 Å². The van der Waals surface area contributed by atoms with Crippen LogP contribution < -0.4 is 16.0 Å². The standard InChI is InChI=1S/C24H29N3O5/c1-14(2)21(27-23(30)20-9-7-6-8-15(20)3)24(31)32-16(4)22(29)26-19-12-10-18(11-13-19)25-17(5)28/h6-14,16,21H,1-5H3,(H,25,28)(H,26,29)(H,27,30)/t16?,21-/m0/s1. The van der Waals surface area contributed by atoms with Gasteiger partial charge in [0.2, 0.25) is 5.91 Å². The van der Waals surface area contributed by atoms with E-state index in [2.05, 4.69) is 16.0 Å². The second-order valence-electron chi connectivity index (χ2n) is 7.84. The molecule has 8 nitrogen and oxygen atoms in total. The van der Waals surface area contributed by atoms with Gasteiger partial charge in [0.05, 0.1) is 0 Å². The topological polar surface area (TPSA) is 114 Å². The Kier molecular flexibility index (Phi) is 8.52. The molecule has 0 heterocycles. The van der Waals surface area contributed by atoms with Crippen LogP contribution in [-0.4, -0.2) is 35.8 Å². The molecule has 2 atom stereocenters. The molecule has 2 rings (SSSR count). The highest BCUT2D eigenvalue weighted by atomic mass is 16.5. The van der Waals surface area contributed by atoms with Gasteiger partial charge < -0.3 is 20.7 Å². The fraction of sp³-hybridized carbons (Fsp3) is 0.333. The molecule has 0 aliphatic carbocycles. The molecule has 8 heteroatoms. The van der Waals surface area contributed by atoms with Gasteiger partial charge >= 0.3 is 5.97 Å². The molecule has 1 unspecified atom stereocenters. The lowest BCUT2D eigenvalue weighted by Crippen LogP contribution is -2.47. The van der Waals surface area contributed by atoms with Gasteiger partial charge in [-0.15, -0.1) is 0 Å². The van der Waals surface area contributed by atoms with Crippen molar-refractivity contribution in [1.82, 2.24) is 5.32 Å². The molecule has 0 aromatic heterocycles. The van der Waals surface area contributed by atoms with Crippen molar-refractivity contribution in [3.05, 3.63) is 59.7 Å². The van der Waals surface area contributed by atoms with Crippen LogP contribution in [0.2, 0.25) is 0 Å². The van der Waals surface area contributed by atoms with Crippen LogP contribution in [0, 0.1) is 12.8 Å². The molecule has 0 radical (unpaired) electrons. The predicted molar refractivity (Wildman–Crippen MR) is 122 cm³/mol. The third-order valence-electron chi connectivity index (χ3n) is 4.73. The molecular weight excluding hydrogens is 410 g/mol. The number of carbonyl (C=O) groups is 4. The minimum Gasteiger partial charge on any atom is -0.451 e. The van der Waals surface area contributed by atoms with Crippen molar-refractivity contribution in [2.24, 2.45) is 5.92 Å². The SMILES string of the molecule is CC(=O)Nc1ccc(NC(=O)C(C)OC(=O)[C@@H](NC(=O)c2ccccc2C)C(C)C)cc1. The monoisotopic (exact) mass is 439 g/mol. The summed E-state index contributed by atoms with van der Waals surface area (Å²) in [6, 6.07) is 12.7. The van der Waals surface area contributed by atoms with E-state index in [1.807, 2.05) is 19.1 Å². The largest absolute Gasteiger partial charge is 0.451 e. The van der Waals surface area contributed by atoms with Gasteiger partial charge in [-0.3, -0.25) is 14.4 Å². The van der Waals surface area contributed by atoms with Gasteiger partial charge in [-0.05, 0) is 55.7 Å². The maximum Gasteiger partial charge on any atom is 0.329 e. The third kappa shape index (κ3) is 6.94. The molecule has 3 N–H and O–H groups in total. The summed E-state index contributed by atoms with van der Waals surface area (Å²) in [6.07, 6.45) is -1.07. The number of carbonyl (C=O) groups excluding carboxylic acids is 4. The fourth-order valence-corrected chi connectivity index (χ4v) is 2.93. The Labute approximate surface area is 187 Å². The molecule has 2 aromatic rings. The molecule has 0 bridgehead atoms. The number of esters is 1. The molecule has 2 aromatic carbocycles. The molecule has 0 aliphatic heterocycles. The van der Waals surface area contributed by atoms with Crippen molar-refractivity contribution in [1.29, 1.82) is 0 Å². The number of hydrogen-bond acceptors (Lipinski definition) is 5. The van der Waals surface area contributed by atoms with Crippen molar-refractivity contribution in [3.63, 3.8) is 0 Å². The first-order chi connectivity index (χ1) is 15.1. The molecule has 0 aliphatic rings. The summed E-state index contributed by atoms with van der Waals surface area (Å²) in [6.45, 7) is 8.24. The Morgan fingerprint density at radius 2 is 1.41 bits per heavy atom. The van der Waals surface area contributed by atoms with E-state index in [0.29, 0.717) is 16.9 Å². The number of amides is 3. The summed E-state index contributed by atoms with van der Waals surface area (Å²) in [5.41, 5.74) is 2.34. The average Bonchev–Trinajstić information content (AvgIpc) is 2.72. The second kappa shape index (κ2) is 11.1. The molecule has 32 heavy (non-hydrogen) atoms. The molecule has 170 valence electrons. The van der Waals surface area contributed by atoms with E-state index in [-0.39, 0.29) is 17.7 Å². The number of hydrogen-bond donors (Lipinski definition) is 3. The summed E-state index contributed by atoms with van der Waals surface area (Å²) >= 11 is 0. The summed E-state index contributed by atoms with van der Waals surface area (Å²) in [4.78, 5) is 48.8. The second-order valence-corrected chi connectivity index (χ2v) is 7.84. The highest BCUT2D eigenvalue weighted by Gasteiger charge is 2.29. The third-order valence-corrected chi connectivity index (χ3v) is 4.73. The van der Waals surface area contributed by atoms with Crippen LogP contribution in [0.15, 0.2) is 48.5 Å². The first kappa shape index (κ1) is 24.6. The summed E-state index contributed by atoms with van der Waals surface area (Å²) in [5, 5.41) is 8.00. The van der Waals surface area contributed by atoms with Gasteiger partial charge in [0, 0.05) is 23.9 Å². The van der Waals surface area contributed by atoms with Gasteiger partial charge in [0.25, 0.3) is 11.8 Å². The Balaban J connectivity index is 1.98. The minimum absolute atomic E-state index is 0.198. The maximum absolute atomic E-state index is 12.7. The van der Waals surface area contributed by atoms with E-state index in [9.17, 15) is 19.2 Å². The number of nitrogens with one attached hydrogen (secondary N) is 3. The van der Waals surface area contributed by atoms with Gasteiger partial charge in [0.1, 0.15) is 6.04 Å². The highest BCUT2D eigenvalue weighted by Crippen LogP contribution is 2.15. The van der Waals surface area contributed by atoms with E-state index in [1.165, 1.54) is 13.8 Å². The van der Waals surface area contributed by atoms with Crippen molar-refractivity contribution >= 4 is 35.1 Å². The van der Waals surface area contributed by atoms with Crippen LogP contribution in [0.3, 0.4) is 0 Å². The lowest BCUT2D eigenvalue weighted by atomic mass is 10.0. The maximum atomic E-state index is 12.7. The summed E-state index contributed by atoms with van der Waals surface area (Å²) in [7, 11) is 0. The Morgan fingerprint density at radius 3 is 1.94 bits per heavy atom. The number of anilines is 2. The van der Waals surface area contributed by atoms with Gasteiger partial charge in [-0.2, -0.15) is 0 Å². The van der Waals surface area contributed by atoms with E-state index < -0.39 is 24.0 Å². The van der Waals surface area contributed by atoms with Gasteiger partial charge in [-0.25, -0.2) is 4.79 Å². The van der Waals surface area contributed by atoms with Crippen molar-refractivity contribution in [2.75, 3.05) is 10.6 Å². The van der Waals surface area contributed by atoms with Crippen LogP contribution in [-0.2, 0) is 19.1 Å². The molecule has 3 amide bonds. The quantitative estimate of drug-likeness (QED) is 0.546. The lowest BCUT2D eigenvalue weighted by Gasteiger charge is -2.23. The first-order valence-electron chi connectivity index (χ1n) is 10.3. The van der Waals surface area contributed by atoms with Crippen LogP contribution in [0.25, 0.3) is 0 Å². The first-order valence-corrected chi connectivity index (χ1v) is 10.3. The number of rotatable bonds is 8. The zero-order valence-electron chi connectivity index (χ0n) is 18.9. The van der Waals surface area contributed by atoms with E-state index in [4.69, 9.17) is 4.74 Å². The van der Waals surface area contributed by atoms with Gasteiger partial charge in [0.15, 0.2) is 6.10 Å². The predicted octanol–water partition coefficient (Wildman–Crippen LogP) is 3.28. The summed E-state index contributed by atoms with van der Waals surface area (Å²) in [5.74, 6) is -2.03. The molecule has 0 fully saturated rings. The van der Waals surface area contributed by atoms with Gasteiger partial charge in [-0.1, -0.05) is 32.0 Å². The highest BCUT2D eigenvalue weighted by molar-refractivity contribution is 5.99. The zero-order chi connectivity index (χ0) is 23.8. The van der Waals surface area contributed by atoms with Crippen molar-refractivity contribution < 1.29 is 23.9 Å². The molecule has 0 spiro atoms. The molecule has 0 saturated heterocycles. The average molecular weight is 440 g/mol. The smallest absolute Gasteiger partial charge is 0.329 e. The lowest BCUT2D eigenvalue weighted by molar-refractivity contribution is -0.156. The Hall–Kier alpha value is -3.68. The van der Waals surface area contributed by atoms with Crippen LogP contribution in [0.1, 0.15) is 43.6 Å². The summed E-state index contributed by atoms with van der Waals surface area (Å²) < 4.78 is 5.33. The fourth-order valence-electron chi connectivity index (χ4n) is 2.93. The van der Waals surface area contributed by atoms with Crippen LogP contribution in [0.5, 0.6) is 0 Å². The molecule has 0 saturated carbocycles. The molecular formula is C24H29N3O5. The van der Waals surface area contributed by atoms with Crippen molar-refractivity contribution in [3.8, 4) is 0 Å². The van der Waals surface area contributed by atoms with E-state index >= 15 is 0 Å². The number of benzene rings is 2. The number of ether oxygens (including phenoxy) is 1. The minimum atomic E-state index is -1.07. The van der Waals surface area contributed by atoms with E-state index in [1.54, 1.807) is 50.2 Å². The number of aryl methyl sites for hydroxylation is 1.